The number of nitrogens with zero attached hydrogens (tertiary/aromatic N) is 2. The first kappa shape index (κ1) is 18.7. The Kier molecular flexibility index (Phi) is 4.91. The van der Waals surface area contributed by atoms with Crippen LogP contribution in [0.3, 0.4) is 0 Å². The minimum absolute atomic E-state index is 0.0842. The molecule has 12 heteroatoms. The number of hydrogen-bond donors (Lipinski definition) is 2. The number of anilines is 2. The van der Waals surface area contributed by atoms with Gasteiger partial charge >= 0.3 is 0 Å². The molecule has 0 saturated carbocycles. The highest BCUT2D eigenvalue weighted by atomic mass is 32.2. The number of benzene rings is 1. The first-order chi connectivity index (χ1) is 13.4. The van der Waals surface area contributed by atoms with Crippen LogP contribution in [0.1, 0.15) is 9.67 Å². The largest absolute Gasteiger partial charge is 0.486 e. The Hall–Kier alpha value is -2.70. The van der Waals surface area contributed by atoms with Crippen molar-refractivity contribution >= 4 is 48.9 Å². The molecule has 0 unspecified atom stereocenters. The zero-order chi connectivity index (χ0) is 19.7. The van der Waals surface area contributed by atoms with Crippen LogP contribution in [0.4, 0.5) is 10.3 Å². The van der Waals surface area contributed by atoms with Crippen LogP contribution in [0.25, 0.3) is 10.4 Å². The molecule has 3 heterocycles. The van der Waals surface area contributed by atoms with E-state index in [2.05, 4.69) is 20.2 Å². The summed E-state index contributed by atoms with van der Waals surface area (Å²) in [6.07, 6.45) is 1.01. The molecular formula is C16H14N4O5S3. The predicted molar refractivity (Wildman–Crippen MR) is 107 cm³/mol. The third-order valence-electron chi connectivity index (χ3n) is 3.57. The van der Waals surface area contributed by atoms with Crippen LogP contribution in [-0.4, -0.2) is 44.0 Å². The summed E-state index contributed by atoms with van der Waals surface area (Å²) in [5.41, 5.74) is 0.920. The summed E-state index contributed by atoms with van der Waals surface area (Å²) in [6.45, 7) is 1.04. The van der Waals surface area contributed by atoms with Gasteiger partial charge in [-0.3, -0.25) is 14.8 Å². The van der Waals surface area contributed by atoms with Gasteiger partial charge in [0, 0.05) is 4.88 Å². The Morgan fingerprint density at radius 2 is 1.79 bits per heavy atom. The van der Waals surface area contributed by atoms with Gasteiger partial charge in [0.25, 0.3) is 5.91 Å². The van der Waals surface area contributed by atoms with Gasteiger partial charge < -0.3 is 9.47 Å². The van der Waals surface area contributed by atoms with Gasteiger partial charge in [0.05, 0.1) is 11.1 Å². The molecule has 0 saturated heterocycles. The Balaban J connectivity index is 1.47. The van der Waals surface area contributed by atoms with Crippen LogP contribution in [0.2, 0.25) is 0 Å². The number of thiophene rings is 1. The smallest absolute Gasteiger partial charge is 0.267 e. The van der Waals surface area contributed by atoms with Crippen molar-refractivity contribution in [2.45, 2.75) is 0 Å². The van der Waals surface area contributed by atoms with Crippen LogP contribution in [0.5, 0.6) is 11.5 Å². The molecule has 2 N–H and O–H groups in total. The van der Waals surface area contributed by atoms with E-state index in [0.29, 0.717) is 29.6 Å². The zero-order valence-electron chi connectivity index (χ0n) is 14.5. The van der Waals surface area contributed by atoms with E-state index >= 15 is 0 Å². The van der Waals surface area contributed by atoms with Gasteiger partial charge in [-0.25, -0.2) is 8.42 Å². The number of nitrogens with one attached hydrogen (secondary N) is 2. The second-order valence-electron chi connectivity index (χ2n) is 5.76. The van der Waals surface area contributed by atoms with Gasteiger partial charge in [0.1, 0.15) is 13.2 Å². The highest BCUT2D eigenvalue weighted by Crippen LogP contribution is 2.37. The Bertz CT molecular complexity index is 1140. The topological polar surface area (TPSA) is 120 Å². The molecule has 0 radical (unpaired) electrons. The van der Waals surface area contributed by atoms with Crippen LogP contribution in [-0.2, 0) is 10.0 Å². The van der Waals surface area contributed by atoms with E-state index in [1.807, 2.05) is 24.3 Å². The lowest BCUT2D eigenvalue weighted by Crippen LogP contribution is -2.15. The lowest BCUT2D eigenvalue weighted by atomic mass is 10.1. The van der Waals surface area contributed by atoms with Crippen molar-refractivity contribution in [2.75, 3.05) is 29.5 Å². The van der Waals surface area contributed by atoms with Crippen molar-refractivity contribution in [2.24, 2.45) is 0 Å². The minimum atomic E-state index is -3.45. The van der Waals surface area contributed by atoms with E-state index in [4.69, 9.17) is 9.47 Å². The second kappa shape index (κ2) is 7.37. The highest BCUT2D eigenvalue weighted by Gasteiger charge is 2.16. The normalized spacial score (nSPS) is 13.2. The van der Waals surface area contributed by atoms with E-state index in [9.17, 15) is 13.2 Å². The molecule has 9 nitrogen and oxygen atoms in total. The number of carbonyl (C=O) groups excluding carboxylic acids is 1. The van der Waals surface area contributed by atoms with Gasteiger partial charge in [-0.05, 0) is 35.9 Å². The molecule has 0 bridgehead atoms. The predicted octanol–water partition coefficient (Wildman–Crippen LogP) is 2.66. The number of ether oxygens (including phenoxy) is 2. The van der Waals surface area contributed by atoms with E-state index in [0.717, 1.165) is 28.0 Å². The highest BCUT2D eigenvalue weighted by molar-refractivity contribution is 7.92. The first-order valence-electron chi connectivity index (χ1n) is 8.00. The number of sulfonamides is 1. The van der Waals surface area contributed by atoms with E-state index < -0.39 is 10.0 Å². The van der Waals surface area contributed by atoms with Crippen molar-refractivity contribution in [1.82, 2.24) is 10.2 Å². The van der Waals surface area contributed by atoms with Crippen LogP contribution in [0.15, 0.2) is 30.3 Å². The monoisotopic (exact) mass is 438 g/mol. The maximum atomic E-state index is 12.4. The number of carbonyl (C=O) groups is 1. The van der Waals surface area contributed by atoms with Crippen molar-refractivity contribution in [3.8, 4) is 21.9 Å². The molecule has 28 heavy (non-hydrogen) atoms. The van der Waals surface area contributed by atoms with E-state index in [1.165, 1.54) is 11.3 Å². The molecule has 0 aliphatic carbocycles. The summed E-state index contributed by atoms with van der Waals surface area (Å²) >= 11 is 2.25. The van der Waals surface area contributed by atoms with Crippen LogP contribution in [0, 0.1) is 0 Å². The number of rotatable bonds is 5. The summed E-state index contributed by atoms with van der Waals surface area (Å²) in [6, 6.07) is 9.20. The SMILES string of the molecule is CS(=O)(=O)Nc1nnc(NC(=O)c2ccc(-c3ccc4c(c3)OCCO4)s2)s1. The molecule has 4 rings (SSSR count). The fraction of sp³-hybridized carbons (Fsp3) is 0.188. The molecule has 1 amide bonds. The molecule has 1 aliphatic heterocycles. The average Bonchev–Trinajstić information content (AvgIpc) is 3.30. The fourth-order valence-corrected chi connectivity index (χ4v) is 4.81. The summed E-state index contributed by atoms with van der Waals surface area (Å²) in [4.78, 5) is 13.8. The van der Waals surface area contributed by atoms with Gasteiger partial charge in [-0.15, -0.1) is 21.5 Å². The number of amides is 1. The molecule has 2 aromatic heterocycles. The second-order valence-corrected chi connectivity index (χ2v) is 9.57. The van der Waals surface area contributed by atoms with Gasteiger partial charge in [0.15, 0.2) is 11.5 Å². The summed E-state index contributed by atoms with van der Waals surface area (Å²) < 4.78 is 35.7. The number of hydrogen-bond acceptors (Lipinski definition) is 9. The van der Waals surface area contributed by atoms with Crippen molar-refractivity contribution in [1.29, 1.82) is 0 Å². The summed E-state index contributed by atoms with van der Waals surface area (Å²) in [7, 11) is -3.45. The summed E-state index contributed by atoms with van der Waals surface area (Å²) in [5, 5.41) is 10.3. The van der Waals surface area contributed by atoms with Crippen LogP contribution >= 0.6 is 22.7 Å². The van der Waals surface area contributed by atoms with Crippen molar-refractivity contribution in [3.63, 3.8) is 0 Å². The standard InChI is InChI=1S/C16H14N4O5S3/c1-28(22,23)20-16-19-18-15(27-16)17-14(21)13-5-4-12(26-13)9-2-3-10-11(8-9)25-7-6-24-10/h2-5,8H,6-7H2,1H3,(H,19,20)(H,17,18,21). The van der Waals surface area contributed by atoms with E-state index in [1.54, 1.807) is 6.07 Å². The molecule has 146 valence electrons. The lowest BCUT2D eigenvalue weighted by molar-refractivity contribution is 0.103. The summed E-state index contributed by atoms with van der Waals surface area (Å²) in [5.74, 6) is 1.04. The third kappa shape index (κ3) is 4.24. The molecule has 0 spiro atoms. The van der Waals surface area contributed by atoms with E-state index in [-0.39, 0.29) is 16.2 Å². The first-order valence-corrected chi connectivity index (χ1v) is 11.5. The van der Waals surface area contributed by atoms with Crippen molar-refractivity contribution in [3.05, 3.63) is 35.2 Å². The lowest BCUT2D eigenvalue weighted by Gasteiger charge is -2.18. The van der Waals surface area contributed by atoms with Crippen LogP contribution < -0.4 is 19.5 Å². The Labute approximate surface area is 168 Å². The Morgan fingerprint density at radius 3 is 2.57 bits per heavy atom. The van der Waals surface area contributed by atoms with Gasteiger partial charge in [0.2, 0.25) is 20.3 Å². The zero-order valence-corrected chi connectivity index (χ0v) is 16.9. The molecule has 0 atom stereocenters. The Morgan fingerprint density at radius 1 is 1.04 bits per heavy atom. The fourth-order valence-electron chi connectivity index (χ4n) is 2.44. The molecule has 0 fully saturated rings. The maximum absolute atomic E-state index is 12.4. The molecular weight excluding hydrogens is 424 g/mol. The minimum Gasteiger partial charge on any atom is -0.486 e. The molecule has 3 aromatic rings. The third-order valence-corrected chi connectivity index (χ3v) is 6.16. The quantitative estimate of drug-likeness (QED) is 0.628. The van der Waals surface area contributed by atoms with Gasteiger partial charge in [-0.1, -0.05) is 11.3 Å². The number of fused-ring (bicyclic) bond motifs is 1. The number of aromatic nitrogens is 2. The van der Waals surface area contributed by atoms with Gasteiger partial charge in [-0.2, -0.15) is 0 Å². The molecule has 1 aliphatic rings. The van der Waals surface area contributed by atoms with Crippen molar-refractivity contribution < 1.29 is 22.7 Å². The average molecular weight is 439 g/mol. The maximum Gasteiger partial charge on any atom is 0.267 e. The molecule has 1 aromatic carbocycles.